The molecule has 3 amide bonds. The van der Waals surface area contributed by atoms with Gasteiger partial charge in [-0.25, -0.2) is 9.59 Å². The molecule has 1 atom stereocenters. The molecular formula is C21H29N3O4. The van der Waals surface area contributed by atoms with Gasteiger partial charge in [-0.1, -0.05) is 32.9 Å². The second kappa shape index (κ2) is 9.39. The van der Waals surface area contributed by atoms with Gasteiger partial charge in [0.2, 0.25) is 5.91 Å². The first-order valence-electron chi connectivity index (χ1n) is 9.66. The Morgan fingerprint density at radius 3 is 2.61 bits per heavy atom. The van der Waals surface area contributed by atoms with Crippen LogP contribution in [-0.4, -0.2) is 36.0 Å². The predicted octanol–water partition coefficient (Wildman–Crippen LogP) is 3.59. The molecule has 0 fully saturated rings. The highest BCUT2D eigenvalue weighted by Gasteiger charge is 2.36. The predicted molar refractivity (Wildman–Crippen MR) is 108 cm³/mol. The summed E-state index contributed by atoms with van der Waals surface area (Å²) in [6.07, 6.45) is 0.766. The summed E-state index contributed by atoms with van der Waals surface area (Å²) < 4.78 is 5.25. The summed E-state index contributed by atoms with van der Waals surface area (Å²) in [5, 5.41) is 5.75. The third-order valence-corrected chi connectivity index (χ3v) is 4.55. The Hall–Kier alpha value is -2.83. The van der Waals surface area contributed by atoms with E-state index in [0.29, 0.717) is 29.1 Å². The molecule has 1 aromatic carbocycles. The van der Waals surface area contributed by atoms with Crippen LogP contribution < -0.4 is 10.6 Å². The third-order valence-electron chi connectivity index (χ3n) is 4.55. The molecule has 0 saturated carbocycles. The van der Waals surface area contributed by atoms with Gasteiger partial charge in [0.05, 0.1) is 18.2 Å². The van der Waals surface area contributed by atoms with E-state index in [4.69, 9.17) is 4.74 Å². The Labute approximate surface area is 166 Å². The summed E-state index contributed by atoms with van der Waals surface area (Å²) >= 11 is 0. The zero-order chi connectivity index (χ0) is 20.8. The average Bonchev–Trinajstić information content (AvgIpc) is 2.64. The van der Waals surface area contributed by atoms with Gasteiger partial charge in [0, 0.05) is 23.8 Å². The van der Waals surface area contributed by atoms with Gasteiger partial charge in [0.15, 0.2) is 0 Å². The maximum atomic E-state index is 12.7. The number of nitrogens with one attached hydrogen (secondary N) is 2. The average molecular weight is 387 g/mol. The number of ether oxygens (including phenoxy) is 1. The van der Waals surface area contributed by atoms with E-state index in [-0.39, 0.29) is 24.5 Å². The van der Waals surface area contributed by atoms with Crippen LogP contribution in [0.15, 0.2) is 35.5 Å². The van der Waals surface area contributed by atoms with Crippen molar-refractivity contribution in [3.63, 3.8) is 0 Å². The fraction of sp³-hybridized carbons (Fsp3) is 0.476. The number of amides is 3. The SMILES string of the molecule is CCCN1C(=O)NC(c2cccc(NC(=O)C(C)C)c2)C(C(=O)OCC)=C1C. The summed E-state index contributed by atoms with van der Waals surface area (Å²) in [6.45, 7) is 9.86. The van der Waals surface area contributed by atoms with Crippen molar-refractivity contribution in [1.29, 1.82) is 0 Å². The van der Waals surface area contributed by atoms with Gasteiger partial charge < -0.3 is 15.4 Å². The van der Waals surface area contributed by atoms with Crippen molar-refractivity contribution in [2.45, 2.75) is 47.1 Å². The number of esters is 1. The van der Waals surface area contributed by atoms with Gasteiger partial charge in [-0.2, -0.15) is 0 Å². The molecule has 0 radical (unpaired) electrons. The van der Waals surface area contributed by atoms with Crippen LogP contribution in [0.1, 0.15) is 52.6 Å². The van der Waals surface area contributed by atoms with Crippen LogP contribution in [0.5, 0.6) is 0 Å². The quantitative estimate of drug-likeness (QED) is 0.700. The largest absolute Gasteiger partial charge is 0.463 e. The van der Waals surface area contributed by atoms with Crippen molar-refractivity contribution in [3.8, 4) is 0 Å². The molecule has 1 aliphatic rings. The van der Waals surface area contributed by atoms with Gasteiger partial charge in [-0.05, 0) is 38.0 Å². The van der Waals surface area contributed by atoms with E-state index in [1.165, 1.54) is 0 Å². The summed E-state index contributed by atoms with van der Waals surface area (Å²) in [6, 6.07) is 6.25. The Balaban J connectivity index is 2.45. The maximum Gasteiger partial charge on any atom is 0.338 e. The first-order valence-corrected chi connectivity index (χ1v) is 9.66. The molecule has 2 N–H and O–H groups in total. The van der Waals surface area contributed by atoms with Gasteiger partial charge >= 0.3 is 12.0 Å². The zero-order valence-corrected chi connectivity index (χ0v) is 17.2. The highest BCUT2D eigenvalue weighted by atomic mass is 16.5. The van der Waals surface area contributed by atoms with Gasteiger partial charge in [-0.15, -0.1) is 0 Å². The number of rotatable bonds is 7. The molecule has 2 rings (SSSR count). The van der Waals surface area contributed by atoms with Gasteiger partial charge in [-0.3, -0.25) is 9.69 Å². The molecule has 1 aromatic rings. The van der Waals surface area contributed by atoms with Crippen LogP contribution in [0.2, 0.25) is 0 Å². The molecular weight excluding hydrogens is 358 g/mol. The van der Waals surface area contributed by atoms with Crippen molar-refractivity contribution in [2.24, 2.45) is 5.92 Å². The highest BCUT2D eigenvalue weighted by Crippen LogP contribution is 2.32. The number of urea groups is 1. The number of carbonyl (C=O) groups is 3. The van der Waals surface area contributed by atoms with Crippen molar-refractivity contribution in [2.75, 3.05) is 18.5 Å². The van der Waals surface area contributed by atoms with E-state index in [0.717, 1.165) is 6.42 Å². The standard InChI is InChI=1S/C21H29N3O4/c1-6-11-24-14(5)17(20(26)28-7-2)18(23-21(24)27)15-9-8-10-16(12-15)22-19(25)13(3)4/h8-10,12-13,18H,6-7,11H2,1-5H3,(H,22,25)(H,23,27). The maximum absolute atomic E-state index is 12.7. The Morgan fingerprint density at radius 1 is 1.29 bits per heavy atom. The molecule has 152 valence electrons. The molecule has 1 aliphatic heterocycles. The number of anilines is 1. The second-order valence-electron chi connectivity index (χ2n) is 7.02. The smallest absolute Gasteiger partial charge is 0.338 e. The van der Waals surface area contributed by atoms with Crippen molar-refractivity contribution >= 4 is 23.6 Å². The van der Waals surface area contributed by atoms with E-state index in [9.17, 15) is 14.4 Å². The molecule has 0 aliphatic carbocycles. The lowest BCUT2D eigenvalue weighted by atomic mass is 9.94. The van der Waals surface area contributed by atoms with Crippen LogP contribution in [-0.2, 0) is 14.3 Å². The summed E-state index contributed by atoms with van der Waals surface area (Å²) in [7, 11) is 0. The van der Waals surface area contributed by atoms with Crippen LogP contribution in [0, 0.1) is 5.92 Å². The summed E-state index contributed by atoms with van der Waals surface area (Å²) in [5.74, 6) is -0.711. The molecule has 0 saturated heterocycles. The summed E-state index contributed by atoms with van der Waals surface area (Å²) in [5.41, 5.74) is 2.31. The van der Waals surface area contributed by atoms with Crippen LogP contribution in [0.4, 0.5) is 10.5 Å². The van der Waals surface area contributed by atoms with Crippen molar-refractivity contribution in [3.05, 3.63) is 41.1 Å². The lowest BCUT2D eigenvalue weighted by molar-refractivity contribution is -0.139. The van der Waals surface area contributed by atoms with Crippen LogP contribution in [0.25, 0.3) is 0 Å². The van der Waals surface area contributed by atoms with Crippen LogP contribution >= 0.6 is 0 Å². The topological polar surface area (TPSA) is 87.7 Å². The minimum atomic E-state index is -0.643. The summed E-state index contributed by atoms with van der Waals surface area (Å²) in [4.78, 5) is 38.9. The fourth-order valence-corrected chi connectivity index (χ4v) is 3.08. The second-order valence-corrected chi connectivity index (χ2v) is 7.02. The lowest BCUT2D eigenvalue weighted by Crippen LogP contribution is -2.48. The molecule has 28 heavy (non-hydrogen) atoms. The first-order chi connectivity index (χ1) is 13.3. The number of hydrogen-bond acceptors (Lipinski definition) is 4. The van der Waals surface area contributed by atoms with E-state index in [2.05, 4.69) is 10.6 Å². The minimum absolute atomic E-state index is 0.101. The van der Waals surface area contributed by atoms with E-state index in [1.807, 2.05) is 26.8 Å². The molecule has 0 spiro atoms. The van der Waals surface area contributed by atoms with Crippen LogP contribution in [0.3, 0.4) is 0 Å². The Kier molecular flexibility index (Phi) is 7.20. The number of allylic oxidation sites excluding steroid dienone is 1. The monoisotopic (exact) mass is 387 g/mol. The van der Waals surface area contributed by atoms with E-state index >= 15 is 0 Å². The molecule has 1 unspecified atom stereocenters. The third kappa shape index (κ3) is 4.71. The molecule has 0 aromatic heterocycles. The fourth-order valence-electron chi connectivity index (χ4n) is 3.08. The number of hydrogen-bond donors (Lipinski definition) is 2. The highest BCUT2D eigenvalue weighted by molar-refractivity contribution is 5.95. The lowest BCUT2D eigenvalue weighted by Gasteiger charge is -2.35. The van der Waals surface area contributed by atoms with Gasteiger partial charge in [0.1, 0.15) is 0 Å². The zero-order valence-electron chi connectivity index (χ0n) is 17.2. The first kappa shape index (κ1) is 21.5. The minimum Gasteiger partial charge on any atom is -0.463 e. The molecule has 0 bridgehead atoms. The van der Waals surface area contributed by atoms with Crippen molar-refractivity contribution < 1.29 is 19.1 Å². The van der Waals surface area contributed by atoms with E-state index in [1.54, 1.807) is 36.9 Å². The van der Waals surface area contributed by atoms with Gasteiger partial charge in [0.25, 0.3) is 0 Å². The molecule has 1 heterocycles. The number of carbonyl (C=O) groups excluding carboxylic acids is 3. The Morgan fingerprint density at radius 2 is 2.00 bits per heavy atom. The molecule has 7 nitrogen and oxygen atoms in total. The normalized spacial score (nSPS) is 16.9. The number of benzene rings is 1. The molecule has 7 heteroatoms. The van der Waals surface area contributed by atoms with Crippen molar-refractivity contribution in [1.82, 2.24) is 10.2 Å². The number of nitrogens with zero attached hydrogens (tertiary/aromatic N) is 1. The van der Waals surface area contributed by atoms with E-state index < -0.39 is 12.0 Å². The Bertz CT molecular complexity index is 786.